The van der Waals surface area contributed by atoms with Crippen molar-refractivity contribution in [3.05, 3.63) is 35.4 Å². The predicted octanol–water partition coefficient (Wildman–Crippen LogP) is 2.34. The van der Waals surface area contributed by atoms with Crippen LogP contribution < -0.4 is 10.1 Å². The van der Waals surface area contributed by atoms with Crippen LogP contribution in [-0.4, -0.2) is 40.8 Å². The van der Waals surface area contributed by atoms with E-state index in [-0.39, 0.29) is 18.0 Å². The van der Waals surface area contributed by atoms with Crippen LogP contribution in [0.25, 0.3) is 0 Å². The van der Waals surface area contributed by atoms with Crippen molar-refractivity contribution in [2.45, 2.75) is 38.8 Å². The van der Waals surface area contributed by atoms with Gasteiger partial charge in [0.05, 0.1) is 37.2 Å². The molecule has 0 unspecified atom stereocenters. The first-order valence-corrected chi connectivity index (χ1v) is 8.65. The monoisotopic (exact) mass is 346 g/mol. The van der Waals surface area contributed by atoms with Gasteiger partial charge in [-0.3, -0.25) is 9.69 Å². The molecule has 0 saturated carbocycles. The van der Waals surface area contributed by atoms with E-state index in [0.29, 0.717) is 6.54 Å². The van der Waals surface area contributed by atoms with E-state index in [4.69, 9.17) is 9.15 Å². The summed E-state index contributed by atoms with van der Waals surface area (Å²) in [5.74, 6) is 1.53. The molecule has 1 fully saturated rings. The second-order valence-electron chi connectivity index (χ2n) is 6.57. The molecule has 0 radical (unpaired) electrons. The minimum Gasteiger partial charge on any atom is -0.481 e. The lowest BCUT2D eigenvalue weighted by Crippen LogP contribution is -2.38. The highest BCUT2D eigenvalue weighted by Gasteiger charge is 2.33. The molecule has 2 aromatic rings. The largest absolute Gasteiger partial charge is 0.481 e. The van der Waals surface area contributed by atoms with Gasteiger partial charge in [-0.05, 0) is 45.4 Å². The first-order valence-electron chi connectivity index (χ1n) is 8.65. The number of rotatable bonds is 6. The fraction of sp³-hybridized carbons (Fsp3) is 0.556. The summed E-state index contributed by atoms with van der Waals surface area (Å²) in [5.41, 5.74) is 2.05. The van der Waals surface area contributed by atoms with E-state index in [1.54, 1.807) is 18.1 Å². The topological polar surface area (TPSA) is 72.5 Å². The number of hydrogen-bond acceptors (Lipinski definition) is 5. The number of nitrogens with one attached hydrogen (secondary N) is 1. The van der Waals surface area contributed by atoms with Crippen LogP contribution in [0, 0.1) is 6.92 Å². The van der Waals surface area contributed by atoms with Crippen LogP contribution in [0.15, 0.2) is 22.8 Å². The maximum Gasteiger partial charge on any atom is 0.234 e. The quantitative estimate of drug-likeness (QED) is 0.869. The van der Waals surface area contributed by atoms with Crippen LogP contribution in [0.2, 0.25) is 0 Å². The Morgan fingerprint density at radius 2 is 2.36 bits per heavy atom. The van der Waals surface area contributed by atoms with Crippen molar-refractivity contribution in [2.75, 3.05) is 20.2 Å². The average Bonchev–Trinajstić information content (AvgIpc) is 3.27. The van der Waals surface area contributed by atoms with Gasteiger partial charge in [0.15, 0.2) is 0 Å². The Hall–Kier alpha value is -2.28. The van der Waals surface area contributed by atoms with Crippen molar-refractivity contribution in [1.82, 2.24) is 20.0 Å². The van der Waals surface area contributed by atoms with E-state index < -0.39 is 0 Å². The molecular weight excluding hydrogens is 320 g/mol. The van der Waals surface area contributed by atoms with Crippen molar-refractivity contribution in [2.24, 2.45) is 7.05 Å². The zero-order chi connectivity index (χ0) is 18.0. The lowest BCUT2D eigenvalue weighted by atomic mass is 10.0. The van der Waals surface area contributed by atoms with Crippen LogP contribution in [0.1, 0.15) is 48.9 Å². The van der Waals surface area contributed by atoms with Gasteiger partial charge in [0.2, 0.25) is 11.8 Å². The summed E-state index contributed by atoms with van der Waals surface area (Å²) in [4.78, 5) is 14.7. The molecule has 3 rings (SSSR count). The molecule has 0 bridgehead atoms. The lowest BCUT2D eigenvalue weighted by Gasteiger charge is -2.25. The van der Waals surface area contributed by atoms with E-state index in [2.05, 4.69) is 15.3 Å². The Kier molecular flexibility index (Phi) is 5.13. The fourth-order valence-electron chi connectivity index (χ4n) is 3.70. The highest BCUT2D eigenvalue weighted by Crippen LogP contribution is 2.38. The minimum atomic E-state index is -0.141. The molecular formula is C18H26N4O3. The number of likely N-dealkylation sites (tertiary alicyclic amines) is 1. The molecule has 1 amide bonds. The van der Waals surface area contributed by atoms with E-state index in [1.807, 2.05) is 33.0 Å². The van der Waals surface area contributed by atoms with Crippen LogP contribution in [0.5, 0.6) is 5.88 Å². The first-order chi connectivity index (χ1) is 12.0. The number of nitrogens with zero attached hydrogens (tertiary/aromatic N) is 3. The maximum atomic E-state index is 12.5. The Morgan fingerprint density at radius 1 is 1.56 bits per heavy atom. The maximum absolute atomic E-state index is 12.5. The molecule has 1 aliphatic rings. The van der Waals surface area contributed by atoms with Gasteiger partial charge in [-0.15, -0.1) is 0 Å². The summed E-state index contributed by atoms with van der Waals surface area (Å²) < 4.78 is 12.7. The van der Waals surface area contributed by atoms with Crippen LogP contribution in [0.3, 0.4) is 0 Å². The standard InChI is InChI=1S/C18H26N4O3/c1-12(15-8-6-10-25-15)19-16(23)11-22-9-5-7-14(22)17-13(2)20-21(3)18(17)24-4/h6,8,10,12,14H,5,7,9,11H2,1-4H3,(H,19,23)/t12-,14+/m1/s1. The number of carbonyl (C=O) groups excluding carboxylic acids is 1. The Balaban J connectivity index is 1.69. The molecule has 1 aliphatic heterocycles. The van der Waals surface area contributed by atoms with Crippen LogP contribution >= 0.6 is 0 Å². The Labute approximate surface area is 147 Å². The molecule has 0 aromatic carbocycles. The second-order valence-corrected chi connectivity index (χ2v) is 6.57. The van der Waals surface area contributed by atoms with Gasteiger partial charge in [0.25, 0.3) is 0 Å². The Morgan fingerprint density at radius 3 is 3.04 bits per heavy atom. The molecule has 3 heterocycles. The second kappa shape index (κ2) is 7.31. The summed E-state index contributed by atoms with van der Waals surface area (Å²) in [7, 11) is 3.55. The first kappa shape index (κ1) is 17.5. The number of methoxy groups -OCH3 is 1. The highest BCUT2D eigenvalue weighted by atomic mass is 16.5. The van der Waals surface area contributed by atoms with Gasteiger partial charge in [0, 0.05) is 13.1 Å². The van der Waals surface area contributed by atoms with Gasteiger partial charge in [0.1, 0.15) is 5.76 Å². The molecule has 136 valence electrons. The lowest BCUT2D eigenvalue weighted by molar-refractivity contribution is -0.123. The van der Waals surface area contributed by atoms with Crippen molar-refractivity contribution in [3.8, 4) is 5.88 Å². The summed E-state index contributed by atoms with van der Waals surface area (Å²) in [6.07, 6.45) is 3.68. The zero-order valence-electron chi connectivity index (χ0n) is 15.3. The van der Waals surface area contributed by atoms with Crippen molar-refractivity contribution >= 4 is 5.91 Å². The fourth-order valence-corrected chi connectivity index (χ4v) is 3.70. The van der Waals surface area contributed by atoms with E-state index >= 15 is 0 Å². The summed E-state index contributed by atoms with van der Waals surface area (Å²) in [6.45, 7) is 5.16. The minimum absolute atomic E-state index is 0.00342. The summed E-state index contributed by atoms with van der Waals surface area (Å²) in [5, 5.41) is 7.48. The molecule has 0 spiro atoms. The molecule has 2 aromatic heterocycles. The number of carbonyl (C=O) groups is 1. The van der Waals surface area contributed by atoms with E-state index in [9.17, 15) is 4.79 Å². The third-order valence-corrected chi connectivity index (χ3v) is 4.80. The molecule has 1 N–H and O–H groups in total. The molecule has 2 atom stereocenters. The zero-order valence-corrected chi connectivity index (χ0v) is 15.3. The van der Waals surface area contributed by atoms with Crippen LogP contribution in [-0.2, 0) is 11.8 Å². The number of furan rings is 1. The van der Waals surface area contributed by atoms with Crippen molar-refractivity contribution in [1.29, 1.82) is 0 Å². The number of aromatic nitrogens is 2. The van der Waals surface area contributed by atoms with Gasteiger partial charge in [-0.2, -0.15) is 5.10 Å². The number of amides is 1. The number of hydrogen-bond donors (Lipinski definition) is 1. The molecule has 7 heteroatoms. The normalized spacial score (nSPS) is 19.1. The summed E-state index contributed by atoms with van der Waals surface area (Å²) in [6, 6.07) is 3.71. The van der Waals surface area contributed by atoms with E-state index in [0.717, 1.165) is 42.3 Å². The van der Waals surface area contributed by atoms with Crippen LogP contribution in [0.4, 0.5) is 0 Å². The average molecular weight is 346 g/mol. The summed E-state index contributed by atoms with van der Waals surface area (Å²) >= 11 is 0. The van der Waals surface area contributed by atoms with Crippen molar-refractivity contribution < 1.29 is 13.9 Å². The molecule has 25 heavy (non-hydrogen) atoms. The van der Waals surface area contributed by atoms with E-state index in [1.165, 1.54) is 0 Å². The number of ether oxygens (including phenoxy) is 1. The van der Waals surface area contributed by atoms with Gasteiger partial charge >= 0.3 is 0 Å². The molecule has 1 saturated heterocycles. The SMILES string of the molecule is COc1c([C@@H]2CCCN2CC(=O)N[C@H](C)c2ccco2)c(C)nn1C. The van der Waals surface area contributed by atoms with Gasteiger partial charge in [-0.1, -0.05) is 0 Å². The smallest absolute Gasteiger partial charge is 0.234 e. The highest BCUT2D eigenvalue weighted by molar-refractivity contribution is 5.78. The van der Waals surface area contributed by atoms with Crippen molar-refractivity contribution in [3.63, 3.8) is 0 Å². The third-order valence-electron chi connectivity index (χ3n) is 4.80. The third kappa shape index (κ3) is 3.56. The molecule has 0 aliphatic carbocycles. The number of aryl methyl sites for hydroxylation is 2. The predicted molar refractivity (Wildman–Crippen MR) is 93.3 cm³/mol. The molecule has 7 nitrogen and oxygen atoms in total. The van der Waals surface area contributed by atoms with Gasteiger partial charge in [-0.25, -0.2) is 4.68 Å². The van der Waals surface area contributed by atoms with Gasteiger partial charge < -0.3 is 14.5 Å². The Bertz CT molecular complexity index is 723.